The maximum absolute atomic E-state index is 12.3. The summed E-state index contributed by atoms with van der Waals surface area (Å²) in [6, 6.07) is -0.452. The molecular formula is C8H9BrF2N2O2. The Labute approximate surface area is 93.0 Å². The first-order chi connectivity index (χ1) is 6.91. The summed E-state index contributed by atoms with van der Waals surface area (Å²) in [6.45, 7) is 1.60. The minimum absolute atomic E-state index is 0.156. The second kappa shape index (κ2) is 4.69. The molecule has 0 aliphatic heterocycles. The van der Waals surface area contributed by atoms with Gasteiger partial charge in [-0.15, -0.1) is 0 Å². The third-order valence-corrected chi connectivity index (χ3v) is 2.45. The van der Waals surface area contributed by atoms with Crippen molar-refractivity contribution in [1.82, 2.24) is 9.78 Å². The Hall–Kier alpha value is -0.980. The molecule has 1 aromatic heterocycles. The van der Waals surface area contributed by atoms with Gasteiger partial charge >= 0.3 is 5.97 Å². The smallest absolute Gasteiger partial charge is 0.305 e. The maximum Gasteiger partial charge on any atom is 0.305 e. The van der Waals surface area contributed by atoms with Gasteiger partial charge in [-0.2, -0.15) is 5.10 Å². The zero-order valence-corrected chi connectivity index (χ0v) is 9.41. The molecule has 0 saturated heterocycles. The van der Waals surface area contributed by atoms with Gasteiger partial charge in [0, 0.05) is 6.20 Å². The van der Waals surface area contributed by atoms with Crippen molar-refractivity contribution in [1.29, 1.82) is 0 Å². The summed E-state index contributed by atoms with van der Waals surface area (Å²) in [5, 5.41) is 12.1. The minimum Gasteiger partial charge on any atom is -0.481 e. The van der Waals surface area contributed by atoms with Crippen LogP contribution in [-0.2, 0) is 4.79 Å². The van der Waals surface area contributed by atoms with E-state index in [4.69, 9.17) is 5.11 Å². The molecule has 0 spiro atoms. The summed E-state index contributed by atoms with van der Waals surface area (Å²) in [7, 11) is 0. The first-order valence-electron chi connectivity index (χ1n) is 4.16. The first-order valence-corrected chi connectivity index (χ1v) is 4.95. The number of carboxylic acid groups (broad SMARTS) is 1. The highest BCUT2D eigenvalue weighted by molar-refractivity contribution is 9.10. The molecule has 0 aliphatic rings. The van der Waals surface area contributed by atoms with Gasteiger partial charge < -0.3 is 5.11 Å². The lowest BCUT2D eigenvalue weighted by molar-refractivity contribution is -0.137. The molecule has 1 N–H and O–H groups in total. The standard InChI is InChI=1S/C8H9BrF2N2O2/c1-4(2-6(14)15)13-3-5(9)7(12-13)8(10)11/h3-4,8H,2H2,1H3,(H,14,15)/t4-/m1/s1. The van der Waals surface area contributed by atoms with Gasteiger partial charge in [-0.25, -0.2) is 8.78 Å². The van der Waals surface area contributed by atoms with Crippen LogP contribution in [0.5, 0.6) is 0 Å². The van der Waals surface area contributed by atoms with Crippen LogP contribution < -0.4 is 0 Å². The van der Waals surface area contributed by atoms with E-state index >= 15 is 0 Å². The van der Waals surface area contributed by atoms with Crippen molar-refractivity contribution in [3.8, 4) is 0 Å². The Balaban J connectivity index is 2.87. The monoisotopic (exact) mass is 282 g/mol. The van der Waals surface area contributed by atoms with E-state index in [0.717, 1.165) is 0 Å². The molecule has 0 amide bonds. The molecule has 1 heterocycles. The van der Waals surface area contributed by atoms with Crippen molar-refractivity contribution in [2.45, 2.75) is 25.8 Å². The largest absolute Gasteiger partial charge is 0.481 e. The van der Waals surface area contributed by atoms with Crippen molar-refractivity contribution in [3.05, 3.63) is 16.4 Å². The Morgan fingerprint density at radius 1 is 1.73 bits per heavy atom. The predicted octanol–water partition coefficient (Wildman–Crippen LogP) is 2.62. The summed E-state index contributed by atoms with van der Waals surface area (Å²) in [4.78, 5) is 10.4. The summed E-state index contributed by atoms with van der Waals surface area (Å²) >= 11 is 2.94. The van der Waals surface area contributed by atoms with E-state index in [1.165, 1.54) is 10.9 Å². The summed E-state index contributed by atoms with van der Waals surface area (Å²) in [6.07, 6.45) is -1.47. The van der Waals surface area contributed by atoms with Crippen LogP contribution in [0.2, 0.25) is 0 Å². The third kappa shape index (κ3) is 2.98. The van der Waals surface area contributed by atoms with Gasteiger partial charge in [-0.05, 0) is 22.9 Å². The van der Waals surface area contributed by atoms with E-state index in [2.05, 4.69) is 21.0 Å². The molecule has 15 heavy (non-hydrogen) atoms. The van der Waals surface area contributed by atoms with Crippen molar-refractivity contribution in [3.63, 3.8) is 0 Å². The number of halogens is 3. The van der Waals surface area contributed by atoms with E-state index < -0.39 is 18.4 Å². The van der Waals surface area contributed by atoms with Crippen molar-refractivity contribution >= 4 is 21.9 Å². The quantitative estimate of drug-likeness (QED) is 0.924. The van der Waals surface area contributed by atoms with Crippen molar-refractivity contribution in [2.75, 3.05) is 0 Å². The van der Waals surface area contributed by atoms with E-state index in [1.54, 1.807) is 6.92 Å². The van der Waals surface area contributed by atoms with Gasteiger partial charge in [0.25, 0.3) is 6.43 Å². The number of alkyl halides is 2. The highest BCUT2D eigenvalue weighted by Crippen LogP contribution is 2.27. The van der Waals surface area contributed by atoms with E-state index in [-0.39, 0.29) is 16.6 Å². The average Bonchev–Trinajstić information content (AvgIpc) is 2.46. The minimum atomic E-state index is -2.67. The molecule has 0 aliphatic carbocycles. The van der Waals surface area contributed by atoms with Crippen LogP contribution >= 0.6 is 15.9 Å². The number of hydrogen-bond donors (Lipinski definition) is 1. The molecule has 0 radical (unpaired) electrons. The summed E-state index contributed by atoms with van der Waals surface area (Å²) in [5.41, 5.74) is -0.368. The lowest BCUT2D eigenvalue weighted by atomic mass is 10.2. The highest BCUT2D eigenvalue weighted by atomic mass is 79.9. The number of aromatic nitrogens is 2. The van der Waals surface area contributed by atoms with Crippen molar-refractivity contribution < 1.29 is 18.7 Å². The zero-order chi connectivity index (χ0) is 11.6. The van der Waals surface area contributed by atoms with E-state index in [1.807, 2.05) is 0 Å². The van der Waals surface area contributed by atoms with Gasteiger partial charge in [-0.1, -0.05) is 0 Å². The second-order valence-electron chi connectivity index (χ2n) is 3.09. The third-order valence-electron chi connectivity index (χ3n) is 1.84. The molecule has 0 saturated carbocycles. The molecule has 84 valence electrons. The molecule has 0 aromatic carbocycles. The topological polar surface area (TPSA) is 55.1 Å². The average molecular weight is 283 g/mol. The van der Waals surface area contributed by atoms with Gasteiger partial charge in [-0.3, -0.25) is 9.48 Å². The van der Waals surface area contributed by atoms with Gasteiger partial charge in [0.15, 0.2) is 0 Å². The summed E-state index contributed by atoms with van der Waals surface area (Å²) in [5.74, 6) is -0.993. The Kier molecular flexibility index (Phi) is 3.78. The van der Waals surface area contributed by atoms with Crippen LogP contribution in [0.15, 0.2) is 10.7 Å². The molecule has 0 unspecified atom stereocenters. The van der Waals surface area contributed by atoms with Crippen LogP contribution in [0, 0.1) is 0 Å². The molecule has 1 rings (SSSR count). The van der Waals surface area contributed by atoms with E-state index in [9.17, 15) is 13.6 Å². The molecule has 7 heteroatoms. The lowest BCUT2D eigenvalue weighted by Gasteiger charge is -2.08. The Morgan fingerprint density at radius 2 is 2.33 bits per heavy atom. The SMILES string of the molecule is C[C@H](CC(=O)O)n1cc(Br)c(C(F)F)n1. The number of carboxylic acids is 1. The number of aliphatic carboxylic acids is 1. The molecule has 1 atom stereocenters. The molecule has 0 fully saturated rings. The van der Waals surface area contributed by atoms with Crippen LogP contribution in [0.25, 0.3) is 0 Å². The second-order valence-corrected chi connectivity index (χ2v) is 3.94. The van der Waals surface area contributed by atoms with E-state index in [0.29, 0.717) is 0 Å². The fraction of sp³-hybridized carbons (Fsp3) is 0.500. The van der Waals surface area contributed by atoms with Crippen molar-refractivity contribution in [2.24, 2.45) is 0 Å². The molecule has 4 nitrogen and oxygen atoms in total. The summed E-state index contributed by atoms with van der Waals surface area (Å²) < 4.78 is 26.1. The normalized spacial score (nSPS) is 13.1. The molecule has 1 aromatic rings. The fourth-order valence-electron chi connectivity index (χ4n) is 1.10. The first kappa shape index (κ1) is 12.1. The highest BCUT2D eigenvalue weighted by Gasteiger charge is 2.19. The van der Waals surface area contributed by atoms with Gasteiger partial charge in [0.05, 0.1) is 16.9 Å². The van der Waals surface area contributed by atoms with Crippen LogP contribution in [0.1, 0.15) is 31.5 Å². The number of hydrogen-bond acceptors (Lipinski definition) is 2. The molecular weight excluding hydrogens is 274 g/mol. The number of nitrogens with zero attached hydrogens (tertiary/aromatic N) is 2. The Bertz CT molecular complexity index is 368. The van der Waals surface area contributed by atoms with Crippen LogP contribution in [0.4, 0.5) is 8.78 Å². The maximum atomic E-state index is 12.3. The molecule has 0 bridgehead atoms. The number of rotatable bonds is 4. The lowest BCUT2D eigenvalue weighted by Crippen LogP contribution is -2.11. The number of carbonyl (C=O) groups is 1. The zero-order valence-electron chi connectivity index (χ0n) is 7.82. The predicted molar refractivity (Wildman–Crippen MR) is 51.8 cm³/mol. The fourth-order valence-corrected chi connectivity index (χ4v) is 1.57. The van der Waals surface area contributed by atoms with Crippen LogP contribution in [0.3, 0.4) is 0 Å². The Morgan fingerprint density at radius 3 is 2.73 bits per heavy atom. The van der Waals surface area contributed by atoms with Gasteiger partial charge in [0.1, 0.15) is 5.69 Å². The van der Waals surface area contributed by atoms with Gasteiger partial charge in [0.2, 0.25) is 0 Å². The van der Waals surface area contributed by atoms with Crippen LogP contribution in [-0.4, -0.2) is 20.9 Å².